The second-order valence-corrected chi connectivity index (χ2v) is 4.63. The van der Waals surface area contributed by atoms with Crippen molar-refractivity contribution >= 4 is 23.2 Å². The SMILES string of the molecule is Fc1ccc(C(F)(F)F)c(-c2ccc(Cl)c(Cl)c2)c1. The Labute approximate surface area is 116 Å². The third-order valence-corrected chi connectivity index (χ3v) is 3.26. The highest BCUT2D eigenvalue weighted by Gasteiger charge is 2.33. The predicted octanol–water partition coefficient (Wildman–Crippen LogP) is 5.82. The van der Waals surface area contributed by atoms with Gasteiger partial charge in [0.15, 0.2) is 0 Å². The van der Waals surface area contributed by atoms with E-state index in [1.165, 1.54) is 18.2 Å². The molecular weight excluding hydrogens is 303 g/mol. The summed E-state index contributed by atoms with van der Waals surface area (Å²) in [4.78, 5) is 0. The van der Waals surface area contributed by atoms with Gasteiger partial charge in [0.25, 0.3) is 0 Å². The fourth-order valence-corrected chi connectivity index (χ4v) is 1.96. The Balaban J connectivity index is 2.66. The second kappa shape index (κ2) is 5.02. The summed E-state index contributed by atoms with van der Waals surface area (Å²) in [5, 5.41) is 0.326. The summed E-state index contributed by atoms with van der Waals surface area (Å²) in [5.74, 6) is -0.755. The highest BCUT2D eigenvalue weighted by molar-refractivity contribution is 6.42. The van der Waals surface area contributed by atoms with Crippen molar-refractivity contribution in [3.63, 3.8) is 0 Å². The topological polar surface area (TPSA) is 0 Å². The number of rotatable bonds is 1. The molecule has 2 aromatic carbocycles. The van der Waals surface area contributed by atoms with Crippen molar-refractivity contribution in [3.8, 4) is 11.1 Å². The second-order valence-electron chi connectivity index (χ2n) is 3.82. The van der Waals surface area contributed by atoms with Gasteiger partial charge in [-0.3, -0.25) is 0 Å². The smallest absolute Gasteiger partial charge is 0.207 e. The molecule has 0 heterocycles. The monoisotopic (exact) mass is 308 g/mol. The van der Waals surface area contributed by atoms with Crippen LogP contribution in [0.3, 0.4) is 0 Å². The van der Waals surface area contributed by atoms with E-state index in [0.29, 0.717) is 6.07 Å². The van der Waals surface area contributed by atoms with Gasteiger partial charge in [-0.25, -0.2) is 4.39 Å². The first kappa shape index (κ1) is 14.2. The quantitative estimate of drug-likeness (QED) is 0.582. The third-order valence-electron chi connectivity index (χ3n) is 2.52. The van der Waals surface area contributed by atoms with Crippen LogP contribution in [0.5, 0.6) is 0 Å². The number of alkyl halides is 3. The van der Waals surface area contributed by atoms with Crippen molar-refractivity contribution in [1.82, 2.24) is 0 Å². The summed E-state index contributed by atoms with van der Waals surface area (Å²) in [5.41, 5.74) is -1.04. The standard InChI is InChI=1S/C13H6Cl2F4/c14-11-4-1-7(5-12(11)15)9-6-8(16)2-3-10(9)13(17,18)19/h1-6H. The minimum Gasteiger partial charge on any atom is -0.207 e. The molecule has 100 valence electrons. The Morgan fingerprint density at radius 2 is 1.53 bits per heavy atom. The molecule has 0 amide bonds. The molecule has 0 saturated heterocycles. The summed E-state index contributed by atoms with van der Waals surface area (Å²) in [7, 11) is 0. The molecule has 0 radical (unpaired) electrons. The van der Waals surface area contributed by atoms with E-state index < -0.39 is 17.6 Å². The summed E-state index contributed by atoms with van der Waals surface area (Å²) in [6.45, 7) is 0. The average molecular weight is 309 g/mol. The zero-order valence-corrected chi connectivity index (χ0v) is 10.7. The fraction of sp³-hybridized carbons (Fsp3) is 0.0769. The minimum absolute atomic E-state index is 0.108. The van der Waals surface area contributed by atoms with Crippen LogP contribution < -0.4 is 0 Å². The van der Waals surface area contributed by atoms with Gasteiger partial charge in [0, 0.05) is 0 Å². The van der Waals surface area contributed by atoms with Gasteiger partial charge in [0.05, 0.1) is 15.6 Å². The van der Waals surface area contributed by atoms with E-state index in [9.17, 15) is 17.6 Å². The van der Waals surface area contributed by atoms with Crippen LogP contribution in [-0.4, -0.2) is 0 Å². The number of hydrogen-bond acceptors (Lipinski definition) is 0. The molecule has 0 aliphatic heterocycles. The first-order valence-corrected chi connectivity index (χ1v) is 5.87. The van der Waals surface area contributed by atoms with Gasteiger partial charge in [-0.2, -0.15) is 13.2 Å². The van der Waals surface area contributed by atoms with Gasteiger partial charge in [0.2, 0.25) is 0 Å². The Hall–Kier alpha value is -1.26. The lowest BCUT2D eigenvalue weighted by atomic mass is 9.99. The van der Waals surface area contributed by atoms with Crippen molar-refractivity contribution in [2.24, 2.45) is 0 Å². The van der Waals surface area contributed by atoms with Gasteiger partial charge in [-0.1, -0.05) is 29.3 Å². The molecule has 2 rings (SSSR count). The van der Waals surface area contributed by atoms with Crippen LogP contribution in [0.1, 0.15) is 5.56 Å². The number of hydrogen-bond donors (Lipinski definition) is 0. The highest BCUT2D eigenvalue weighted by Crippen LogP contribution is 2.38. The predicted molar refractivity (Wildman–Crippen MR) is 66.9 cm³/mol. The molecule has 19 heavy (non-hydrogen) atoms. The van der Waals surface area contributed by atoms with Gasteiger partial charge in [0.1, 0.15) is 5.82 Å². The maximum Gasteiger partial charge on any atom is 0.417 e. The van der Waals surface area contributed by atoms with Gasteiger partial charge >= 0.3 is 6.18 Å². The maximum absolute atomic E-state index is 13.2. The summed E-state index contributed by atoms with van der Waals surface area (Å²) in [6.07, 6.45) is -4.57. The van der Waals surface area contributed by atoms with E-state index in [4.69, 9.17) is 23.2 Å². The first-order chi connectivity index (χ1) is 8.79. The van der Waals surface area contributed by atoms with Crippen molar-refractivity contribution < 1.29 is 17.6 Å². The van der Waals surface area contributed by atoms with Crippen molar-refractivity contribution in [2.75, 3.05) is 0 Å². The van der Waals surface area contributed by atoms with E-state index in [0.717, 1.165) is 12.1 Å². The Morgan fingerprint density at radius 1 is 0.842 bits per heavy atom. The molecule has 6 heteroatoms. The fourth-order valence-electron chi connectivity index (χ4n) is 1.67. The van der Waals surface area contributed by atoms with Crippen molar-refractivity contribution in [3.05, 3.63) is 57.8 Å². The van der Waals surface area contributed by atoms with Crippen LogP contribution in [0, 0.1) is 5.82 Å². The summed E-state index contributed by atoms with van der Waals surface area (Å²) >= 11 is 11.5. The molecule has 0 N–H and O–H groups in total. The Bertz CT molecular complexity index is 621. The molecule has 0 nitrogen and oxygen atoms in total. The Morgan fingerprint density at radius 3 is 2.11 bits per heavy atom. The van der Waals surface area contributed by atoms with E-state index in [1.807, 2.05) is 0 Å². The molecule has 0 unspecified atom stereocenters. The lowest BCUT2D eigenvalue weighted by Gasteiger charge is -2.13. The van der Waals surface area contributed by atoms with Gasteiger partial charge in [-0.05, 0) is 41.5 Å². The van der Waals surface area contributed by atoms with Crippen LogP contribution in [-0.2, 0) is 6.18 Å². The molecule has 0 spiro atoms. The van der Waals surface area contributed by atoms with Crippen LogP contribution in [0.25, 0.3) is 11.1 Å². The zero-order valence-electron chi connectivity index (χ0n) is 9.23. The number of halogens is 6. The lowest BCUT2D eigenvalue weighted by Crippen LogP contribution is -2.07. The van der Waals surface area contributed by atoms with Gasteiger partial charge < -0.3 is 0 Å². The molecule has 0 fully saturated rings. The Kier molecular flexibility index (Phi) is 3.74. The van der Waals surface area contributed by atoms with E-state index >= 15 is 0 Å². The maximum atomic E-state index is 13.2. The van der Waals surface area contributed by atoms with Gasteiger partial charge in [-0.15, -0.1) is 0 Å². The molecule has 0 bridgehead atoms. The third kappa shape index (κ3) is 3.01. The average Bonchev–Trinajstić information content (AvgIpc) is 2.31. The number of benzene rings is 2. The first-order valence-electron chi connectivity index (χ1n) is 5.11. The summed E-state index contributed by atoms with van der Waals surface area (Å²) < 4.78 is 51.8. The normalized spacial score (nSPS) is 11.7. The molecule has 2 aromatic rings. The molecule has 0 atom stereocenters. The molecule has 0 saturated carbocycles. The van der Waals surface area contributed by atoms with E-state index in [-0.39, 0.29) is 21.2 Å². The van der Waals surface area contributed by atoms with Crippen molar-refractivity contribution in [1.29, 1.82) is 0 Å². The van der Waals surface area contributed by atoms with Crippen molar-refractivity contribution in [2.45, 2.75) is 6.18 Å². The zero-order chi connectivity index (χ0) is 14.2. The van der Waals surface area contributed by atoms with Crippen LogP contribution >= 0.6 is 23.2 Å². The minimum atomic E-state index is -4.57. The lowest BCUT2D eigenvalue weighted by molar-refractivity contribution is -0.137. The molecule has 0 aliphatic carbocycles. The highest BCUT2D eigenvalue weighted by atomic mass is 35.5. The van der Waals surface area contributed by atoms with Crippen LogP contribution in [0.15, 0.2) is 36.4 Å². The molecule has 0 aromatic heterocycles. The molecule has 0 aliphatic rings. The van der Waals surface area contributed by atoms with E-state index in [2.05, 4.69) is 0 Å². The molecular formula is C13H6Cl2F4. The summed E-state index contributed by atoms with van der Waals surface area (Å²) in [6, 6.07) is 6.29. The largest absolute Gasteiger partial charge is 0.417 e. The van der Waals surface area contributed by atoms with E-state index in [1.54, 1.807) is 0 Å². The van der Waals surface area contributed by atoms with Crippen LogP contribution in [0.2, 0.25) is 10.0 Å². The van der Waals surface area contributed by atoms with Crippen LogP contribution in [0.4, 0.5) is 17.6 Å².